The molecule has 0 radical (unpaired) electrons. The summed E-state index contributed by atoms with van der Waals surface area (Å²) in [6.45, 7) is 8.34. The number of hydrogen-bond donors (Lipinski definition) is 2. The maximum atomic E-state index is 10.8. The van der Waals surface area contributed by atoms with Crippen LogP contribution in [0.5, 0.6) is 0 Å². The summed E-state index contributed by atoms with van der Waals surface area (Å²) < 4.78 is 0. The van der Waals surface area contributed by atoms with E-state index in [4.69, 9.17) is 5.73 Å². The number of rotatable bonds is 5. The van der Waals surface area contributed by atoms with Crippen LogP contribution >= 0.6 is 0 Å². The molecule has 0 aromatic heterocycles. The Kier molecular flexibility index (Phi) is 4.62. The first kappa shape index (κ1) is 13.8. The van der Waals surface area contributed by atoms with Gasteiger partial charge >= 0.3 is 0 Å². The van der Waals surface area contributed by atoms with E-state index in [1.54, 1.807) is 0 Å². The first-order valence-corrected chi connectivity index (χ1v) is 7.29. The summed E-state index contributed by atoms with van der Waals surface area (Å²) in [5.41, 5.74) is 5.68. The van der Waals surface area contributed by atoms with Crippen LogP contribution in [-0.2, 0) is 4.79 Å². The van der Waals surface area contributed by atoms with Crippen molar-refractivity contribution in [3.8, 4) is 0 Å². The van der Waals surface area contributed by atoms with Gasteiger partial charge in [-0.1, -0.05) is 6.92 Å². The smallest absolute Gasteiger partial charge is 0.217 e. The molecule has 0 aromatic rings. The molecular weight excluding hydrogens is 226 g/mol. The topological polar surface area (TPSA) is 58.4 Å². The van der Waals surface area contributed by atoms with Crippen molar-refractivity contribution in [3.63, 3.8) is 0 Å². The molecule has 2 heterocycles. The highest BCUT2D eigenvalue weighted by atomic mass is 16.1. The summed E-state index contributed by atoms with van der Waals surface area (Å²) in [6.07, 6.45) is 5.32. The number of nitrogens with one attached hydrogen (secondary N) is 1. The van der Waals surface area contributed by atoms with Crippen molar-refractivity contribution in [2.45, 2.75) is 39.0 Å². The summed E-state index contributed by atoms with van der Waals surface area (Å²) >= 11 is 0. The van der Waals surface area contributed by atoms with Crippen molar-refractivity contribution >= 4 is 5.91 Å². The molecule has 2 saturated heterocycles. The number of carbonyl (C=O) groups is 1. The van der Waals surface area contributed by atoms with Crippen LogP contribution in [0, 0.1) is 11.3 Å². The highest BCUT2D eigenvalue weighted by Gasteiger charge is 2.31. The van der Waals surface area contributed by atoms with Crippen LogP contribution in [0.2, 0.25) is 0 Å². The lowest BCUT2D eigenvalue weighted by Gasteiger charge is -2.37. The van der Waals surface area contributed by atoms with Gasteiger partial charge < -0.3 is 16.0 Å². The molecule has 0 saturated carbocycles. The Hall–Kier alpha value is -0.610. The third-order valence-corrected chi connectivity index (χ3v) is 4.57. The standard InChI is InChI=1S/C14H27N3O/c1-14(6-7-16-10-14)11-17-8-4-12(5-9-17)2-3-13(15)18/h12,16H,2-11H2,1H3,(H2,15,18). The highest BCUT2D eigenvalue weighted by Crippen LogP contribution is 2.29. The zero-order valence-corrected chi connectivity index (χ0v) is 11.6. The number of piperidine rings is 1. The van der Waals surface area contributed by atoms with Gasteiger partial charge in [-0.3, -0.25) is 4.79 Å². The summed E-state index contributed by atoms with van der Waals surface area (Å²) in [6, 6.07) is 0. The average Bonchev–Trinajstić information content (AvgIpc) is 2.75. The summed E-state index contributed by atoms with van der Waals surface area (Å²) in [7, 11) is 0. The van der Waals surface area contributed by atoms with Crippen LogP contribution in [0.3, 0.4) is 0 Å². The minimum absolute atomic E-state index is 0.151. The largest absolute Gasteiger partial charge is 0.370 e. The second-order valence-corrected chi connectivity index (χ2v) is 6.46. The molecule has 2 aliphatic heterocycles. The van der Waals surface area contributed by atoms with E-state index in [1.165, 1.54) is 45.4 Å². The summed E-state index contributed by atoms with van der Waals surface area (Å²) in [4.78, 5) is 13.4. The zero-order chi connectivity index (χ0) is 13.0. The average molecular weight is 253 g/mol. The number of hydrogen-bond acceptors (Lipinski definition) is 3. The van der Waals surface area contributed by atoms with Gasteiger partial charge in [-0.2, -0.15) is 0 Å². The first-order valence-electron chi connectivity index (χ1n) is 7.29. The molecule has 2 rings (SSSR count). The normalized spacial score (nSPS) is 30.7. The minimum Gasteiger partial charge on any atom is -0.370 e. The van der Waals surface area contributed by atoms with E-state index >= 15 is 0 Å². The molecule has 0 aromatic carbocycles. The Bertz CT molecular complexity index is 279. The fraction of sp³-hybridized carbons (Fsp3) is 0.929. The molecule has 2 aliphatic rings. The molecule has 18 heavy (non-hydrogen) atoms. The van der Waals surface area contributed by atoms with Gasteiger partial charge in [-0.15, -0.1) is 0 Å². The van der Waals surface area contributed by atoms with Gasteiger partial charge in [0.15, 0.2) is 0 Å². The molecule has 0 spiro atoms. The van der Waals surface area contributed by atoms with E-state index < -0.39 is 0 Å². The zero-order valence-electron chi connectivity index (χ0n) is 11.6. The lowest BCUT2D eigenvalue weighted by Crippen LogP contribution is -2.42. The third-order valence-electron chi connectivity index (χ3n) is 4.57. The Labute approximate surface area is 110 Å². The van der Waals surface area contributed by atoms with Gasteiger partial charge in [-0.05, 0) is 56.7 Å². The van der Waals surface area contributed by atoms with Gasteiger partial charge in [-0.25, -0.2) is 0 Å². The molecule has 4 heteroatoms. The maximum absolute atomic E-state index is 10.8. The molecule has 2 fully saturated rings. The summed E-state index contributed by atoms with van der Waals surface area (Å²) in [5, 5.41) is 3.47. The Morgan fingerprint density at radius 2 is 2.17 bits per heavy atom. The fourth-order valence-electron chi connectivity index (χ4n) is 3.32. The second kappa shape index (κ2) is 6.02. The quantitative estimate of drug-likeness (QED) is 0.767. The molecular formula is C14H27N3O. The molecule has 3 N–H and O–H groups in total. The van der Waals surface area contributed by atoms with Gasteiger partial charge in [0.25, 0.3) is 0 Å². The number of carbonyl (C=O) groups excluding carboxylic acids is 1. The third kappa shape index (κ3) is 3.95. The number of nitrogens with two attached hydrogens (primary N) is 1. The predicted octanol–water partition coefficient (Wildman–Crippen LogP) is 0.964. The van der Waals surface area contributed by atoms with E-state index in [0.29, 0.717) is 17.8 Å². The van der Waals surface area contributed by atoms with Gasteiger partial charge in [0.2, 0.25) is 5.91 Å². The molecule has 104 valence electrons. The monoisotopic (exact) mass is 253 g/mol. The van der Waals surface area contributed by atoms with Crippen molar-refractivity contribution in [1.82, 2.24) is 10.2 Å². The Balaban J connectivity index is 1.68. The fourth-order valence-corrected chi connectivity index (χ4v) is 3.32. The van der Waals surface area contributed by atoms with Gasteiger partial charge in [0.05, 0.1) is 0 Å². The number of nitrogens with zero attached hydrogens (tertiary/aromatic N) is 1. The van der Waals surface area contributed by atoms with Gasteiger partial charge in [0, 0.05) is 19.5 Å². The first-order chi connectivity index (χ1) is 8.57. The van der Waals surface area contributed by atoms with E-state index in [1.807, 2.05) is 0 Å². The molecule has 1 unspecified atom stereocenters. The van der Waals surface area contributed by atoms with Crippen molar-refractivity contribution in [3.05, 3.63) is 0 Å². The lowest BCUT2D eigenvalue weighted by atomic mass is 9.86. The Morgan fingerprint density at radius 3 is 2.72 bits per heavy atom. The number of likely N-dealkylation sites (tertiary alicyclic amines) is 1. The van der Waals surface area contributed by atoms with Crippen LogP contribution < -0.4 is 11.1 Å². The lowest BCUT2D eigenvalue weighted by molar-refractivity contribution is -0.118. The van der Waals surface area contributed by atoms with Crippen LogP contribution in [0.15, 0.2) is 0 Å². The van der Waals surface area contributed by atoms with Crippen LogP contribution in [0.1, 0.15) is 39.0 Å². The molecule has 1 amide bonds. The van der Waals surface area contributed by atoms with Crippen molar-refractivity contribution in [2.75, 3.05) is 32.7 Å². The van der Waals surface area contributed by atoms with E-state index in [0.717, 1.165) is 13.0 Å². The minimum atomic E-state index is -0.151. The number of primary amides is 1. The SMILES string of the molecule is CC1(CN2CCC(CCC(N)=O)CC2)CCNC1. The Morgan fingerprint density at radius 1 is 1.44 bits per heavy atom. The van der Waals surface area contributed by atoms with Crippen LogP contribution in [0.25, 0.3) is 0 Å². The predicted molar refractivity (Wildman–Crippen MR) is 73.2 cm³/mol. The second-order valence-electron chi connectivity index (χ2n) is 6.46. The van der Waals surface area contributed by atoms with Crippen LogP contribution in [-0.4, -0.2) is 43.5 Å². The molecule has 1 atom stereocenters. The highest BCUT2D eigenvalue weighted by molar-refractivity contribution is 5.73. The molecule has 0 aliphatic carbocycles. The van der Waals surface area contributed by atoms with Crippen molar-refractivity contribution in [1.29, 1.82) is 0 Å². The number of amides is 1. The molecule has 0 bridgehead atoms. The van der Waals surface area contributed by atoms with Crippen molar-refractivity contribution in [2.24, 2.45) is 17.1 Å². The molecule has 4 nitrogen and oxygen atoms in total. The van der Waals surface area contributed by atoms with E-state index in [9.17, 15) is 4.79 Å². The van der Waals surface area contributed by atoms with E-state index in [2.05, 4.69) is 17.1 Å². The van der Waals surface area contributed by atoms with Crippen LogP contribution in [0.4, 0.5) is 0 Å². The van der Waals surface area contributed by atoms with Gasteiger partial charge in [0.1, 0.15) is 0 Å². The summed E-state index contributed by atoms with van der Waals surface area (Å²) in [5.74, 6) is 0.560. The maximum Gasteiger partial charge on any atom is 0.217 e. The van der Waals surface area contributed by atoms with E-state index in [-0.39, 0.29) is 5.91 Å². The van der Waals surface area contributed by atoms with Crippen molar-refractivity contribution < 1.29 is 4.79 Å².